The summed E-state index contributed by atoms with van der Waals surface area (Å²) in [6, 6.07) is 0.505. The zero-order valence-electron chi connectivity index (χ0n) is 5.91. The van der Waals surface area contributed by atoms with Gasteiger partial charge < -0.3 is 5.11 Å². The first kappa shape index (κ1) is 7.46. The quantitative estimate of drug-likeness (QED) is 0.504. The van der Waals surface area contributed by atoms with Crippen LogP contribution in [0, 0.1) is 5.92 Å². The summed E-state index contributed by atoms with van der Waals surface area (Å²) >= 11 is 0. The van der Waals surface area contributed by atoms with Gasteiger partial charge in [0.2, 0.25) is 0 Å². The molecule has 0 aromatic heterocycles. The molecule has 1 saturated heterocycles. The highest BCUT2D eigenvalue weighted by Gasteiger charge is 2.32. The fraction of sp³-hybridized carbons (Fsp3) is 1.00. The monoisotopic (exact) mass is 147 g/mol. The normalized spacial score (nSPS) is 46.0. The molecule has 1 fully saturated rings. The predicted molar refractivity (Wildman–Crippen MR) is 41.0 cm³/mol. The van der Waals surface area contributed by atoms with Crippen molar-refractivity contribution in [3.8, 4) is 0 Å². The average Bonchev–Trinajstić information content (AvgIpc) is 1.98. The van der Waals surface area contributed by atoms with Crippen LogP contribution in [0.2, 0.25) is 0 Å². The lowest BCUT2D eigenvalue weighted by molar-refractivity contribution is 0.148. The average molecular weight is 147 g/mol. The van der Waals surface area contributed by atoms with Crippen LogP contribution in [0.1, 0.15) is 13.8 Å². The molecular weight excluding hydrogens is 133 g/mol. The fourth-order valence-electron chi connectivity index (χ4n) is 1.17. The van der Waals surface area contributed by atoms with Crippen LogP contribution in [0.4, 0.5) is 0 Å². The second kappa shape index (κ2) is 2.53. The van der Waals surface area contributed by atoms with Gasteiger partial charge in [-0.15, -0.1) is 0 Å². The fourth-order valence-corrected chi connectivity index (χ4v) is 1.66. The van der Waals surface area contributed by atoms with Crippen LogP contribution >= 0.6 is 9.39 Å². The summed E-state index contributed by atoms with van der Waals surface area (Å²) in [7, 11) is 2.63. The summed E-state index contributed by atoms with van der Waals surface area (Å²) in [4.78, 5) is 0. The first-order valence-corrected chi connectivity index (χ1v) is 3.84. The summed E-state index contributed by atoms with van der Waals surface area (Å²) in [6.07, 6.45) is -0.127. The molecule has 4 atom stereocenters. The standard InChI is InChI=1S/C6H14NOP/c1-4-5(2)7(9)3-6(4)8/h4-6,8H,3,9H2,1-2H3/t4-,5+,6-/m0/s1. The molecule has 0 bridgehead atoms. The highest BCUT2D eigenvalue weighted by atomic mass is 31.0. The van der Waals surface area contributed by atoms with E-state index in [2.05, 4.69) is 27.9 Å². The maximum absolute atomic E-state index is 9.28. The van der Waals surface area contributed by atoms with Crippen molar-refractivity contribution in [3.63, 3.8) is 0 Å². The number of hydrogen-bond donors (Lipinski definition) is 1. The number of rotatable bonds is 0. The largest absolute Gasteiger partial charge is 0.391 e. The molecule has 0 aromatic carbocycles. The van der Waals surface area contributed by atoms with Gasteiger partial charge in [-0.3, -0.25) is 4.67 Å². The zero-order valence-corrected chi connectivity index (χ0v) is 7.07. The van der Waals surface area contributed by atoms with Crippen molar-refractivity contribution in [2.24, 2.45) is 5.92 Å². The maximum atomic E-state index is 9.28. The smallest absolute Gasteiger partial charge is 0.0710 e. The van der Waals surface area contributed by atoms with Gasteiger partial charge >= 0.3 is 0 Å². The molecule has 9 heavy (non-hydrogen) atoms. The van der Waals surface area contributed by atoms with Crippen molar-refractivity contribution in [2.45, 2.75) is 26.0 Å². The molecule has 0 amide bonds. The van der Waals surface area contributed by atoms with Gasteiger partial charge in [0.15, 0.2) is 0 Å². The molecule has 0 aromatic rings. The lowest BCUT2D eigenvalue weighted by Crippen LogP contribution is -2.20. The molecule has 1 N–H and O–H groups in total. The van der Waals surface area contributed by atoms with Gasteiger partial charge in [0.1, 0.15) is 0 Å². The number of hydrogen-bond acceptors (Lipinski definition) is 2. The molecule has 1 rings (SSSR count). The number of β-amino-alcohol motifs (C(OH)–C–C–N with tert-alkyl or cyclic N) is 1. The van der Waals surface area contributed by atoms with Crippen LogP contribution < -0.4 is 0 Å². The minimum atomic E-state index is -0.127. The molecule has 0 aliphatic carbocycles. The third-order valence-corrected chi connectivity index (χ3v) is 2.97. The van der Waals surface area contributed by atoms with E-state index in [4.69, 9.17) is 0 Å². The zero-order chi connectivity index (χ0) is 7.02. The van der Waals surface area contributed by atoms with Crippen molar-refractivity contribution in [1.29, 1.82) is 0 Å². The Balaban J connectivity index is 2.54. The highest BCUT2D eigenvalue weighted by Crippen LogP contribution is 2.26. The first-order chi connectivity index (χ1) is 4.13. The molecule has 1 aliphatic rings. The molecular formula is C6H14NOP. The minimum absolute atomic E-state index is 0.127. The first-order valence-electron chi connectivity index (χ1n) is 3.32. The van der Waals surface area contributed by atoms with Crippen LogP contribution in [-0.2, 0) is 0 Å². The van der Waals surface area contributed by atoms with E-state index in [9.17, 15) is 5.11 Å². The second-order valence-corrected chi connectivity index (χ2v) is 3.53. The minimum Gasteiger partial charge on any atom is -0.391 e. The number of aliphatic hydroxyl groups is 1. The Morgan fingerprint density at radius 3 is 2.22 bits per heavy atom. The molecule has 1 unspecified atom stereocenters. The summed E-state index contributed by atoms with van der Waals surface area (Å²) in [5.74, 6) is 0.419. The van der Waals surface area contributed by atoms with Crippen LogP contribution in [0.3, 0.4) is 0 Å². The van der Waals surface area contributed by atoms with E-state index in [1.165, 1.54) is 0 Å². The van der Waals surface area contributed by atoms with Crippen LogP contribution in [-0.4, -0.2) is 28.5 Å². The maximum Gasteiger partial charge on any atom is 0.0710 e. The Morgan fingerprint density at radius 2 is 2.11 bits per heavy atom. The van der Waals surface area contributed by atoms with Crippen molar-refractivity contribution in [1.82, 2.24) is 4.67 Å². The van der Waals surface area contributed by atoms with Gasteiger partial charge in [-0.2, -0.15) is 0 Å². The Morgan fingerprint density at radius 1 is 1.56 bits per heavy atom. The molecule has 0 saturated carbocycles. The van der Waals surface area contributed by atoms with Gasteiger partial charge in [-0.05, 0) is 12.8 Å². The number of nitrogens with zero attached hydrogens (tertiary/aromatic N) is 1. The van der Waals surface area contributed by atoms with Gasteiger partial charge in [0, 0.05) is 12.6 Å². The van der Waals surface area contributed by atoms with E-state index in [-0.39, 0.29) is 6.10 Å². The Bertz CT molecular complexity index is 97.2. The van der Waals surface area contributed by atoms with Crippen molar-refractivity contribution < 1.29 is 5.11 Å². The Labute approximate surface area is 58.5 Å². The Hall–Kier alpha value is 0.350. The van der Waals surface area contributed by atoms with Gasteiger partial charge in [-0.25, -0.2) is 0 Å². The molecule has 0 radical (unpaired) electrons. The molecule has 3 heteroatoms. The summed E-state index contributed by atoms with van der Waals surface area (Å²) in [5, 5.41) is 9.28. The van der Waals surface area contributed by atoms with Gasteiger partial charge in [-0.1, -0.05) is 16.3 Å². The van der Waals surface area contributed by atoms with Gasteiger partial charge in [0.05, 0.1) is 6.10 Å². The van der Waals surface area contributed by atoms with Crippen molar-refractivity contribution >= 4 is 9.39 Å². The number of aliphatic hydroxyl groups excluding tert-OH is 1. The Kier molecular flexibility index (Phi) is 2.10. The van der Waals surface area contributed by atoms with E-state index >= 15 is 0 Å². The van der Waals surface area contributed by atoms with E-state index in [1.54, 1.807) is 0 Å². The van der Waals surface area contributed by atoms with E-state index < -0.39 is 0 Å². The molecule has 0 spiro atoms. The topological polar surface area (TPSA) is 23.5 Å². The van der Waals surface area contributed by atoms with E-state index in [0.29, 0.717) is 12.0 Å². The van der Waals surface area contributed by atoms with Crippen LogP contribution in [0.25, 0.3) is 0 Å². The summed E-state index contributed by atoms with van der Waals surface area (Å²) in [5.41, 5.74) is 0. The second-order valence-electron chi connectivity index (χ2n) is 2.86. The molecule has 2 nitrogen and oxygen atoms in total. The highest BCUT2D eigenvalue weighted by molar-refractivity contribution is 7.13. The van der Waals surface area contributed by atoms with E-state index in [0.717, 1.165) is 6.54 Å². The van der Waals surface area contributed by atoms with Crippen LogP contribution in [0.5, 0.6) is 0 Å². The lowest BCUT2D eigenvalue weighted by Gasteiger charge is -2.15. The van der Waals surface area contributed by atoms with Crippen LogP contribution in [0.15, 0.2) is 0 Å². The van der Waals surface area contributed by atoms with Gasteiger partial charge in [0.25, 0.3) is 0 Å². The predicted octanol–water partition coefficient (Wildman–Crippen LogP) is 0.478. The lowest BCUT2D eigenvalue weighted by atomic mass is 10.0. The summed E-state index contributed by atoms with van der Waals surface area (Å²) < 4.78 is 2.11. The van der Waals surface area contributed by atoms with Crippen molar-refractivity contribution in [2.75, 3.05) is 6.54 Å². The van der Waals surface area contributed by atoms with E-state index in [1.807, 2.05) is 0 Å². The van der Waals surface area contributed by atoms with Crippen molar-refractivity contribution in [3.05, 3.63) is 0 Å². The third kappa shape index (κ3) is 1.26. The third-order valence-electron chi connectivity index (χ3n) is 2.29. The summed E-state index contributed by atoms with van der Waals surface area (Å²) in [6.45, 7) is 5.01. The SMILES string of the molecule is C[C@H]1[C@@H](C)N(P)C[C@@H]1O. The molecule has 1 heterocycles. The molecule has 54 valence electrons. The molecule has 1 aliphatic heterocycles.